The molecule has 0 saturated heterocycles. The van der Waals surface area contributed by atoms with Crippen molar-refractivity contribution in [2.24, 2.45) is 0 Å². The second-order valence-corrected chi connectivity index (χ2v) is 4.25. The van der Waals surface area contributed by atoms with E-state index in [4.69, 9.17) is 5.11 Å². The summed E-state index contributed by atoms with van der Waals surface area (Å²) in [5.41, 5.74) is 0.473. The first-order chi connectivity index (χ1) is 10.0. The van der Waals surface area contributed by atoms with Crippen LogP contribution in [0.5, 0.6) is 0 Å². The van der Waals surface area contributed by atoms with Gasteiger partial charge in [0.05, 0.1) is 6.54 Å². The average Bonchev–Trinajstić information content (AvgIpc) is 2.89. The number of carbonyl (C=O) groups excluding carboxylic acids is 1. The summed E-state index contributed by atoms with van der Waals surface area (Å²) >= 11 is 0. The quantitative estimate of drug-likeness (QED) is 0.854. The van der Waals surface area contributed by atoms with Crippen molar-refractivity contribution in [2.45, 2.75) is 13.0 Å². The highest BCUT2D eigenvalue weighted by atomic mass is 19.1. The average molecular weight is 292 g/mol. The Morgan fingerprint density at radius 2 is 2.00 bits per heavy atom. The molecular formula is C13H13FN4O3. The third-order valence-corrected chi connectivity index (χ3v) is 2.88. The Bertz CT molecular complexity index is 667. The minimum Gasteiger partial charge on any atom is -0.476 e. The lowest BCUT2D eigenvalue weighted by Gasteiger charge is -2.07. The number of rotatable bonds is 5. The molecule has 2 aromatic rings. The maximum Gasteiger partial charge on any atom is 0.358 e. The van der Waals surface area contributed by atoms with E-state index in [1.165, 1.54) is 36.0 Å². The molecule has 1 aromatic heterocycles. The number of amides is 1. The molecule has 0 aliphatic heterocycles. The number of benzene rings is 1. The zero-order valence-corrected chi connectivity index (χ0v) is 11.2. The molecule has 0 spiro atoms. The van der Waals surface area contributed by atoms with Crippen LogP contribution >= 0.6 is 0 Å². The van der Waals surface area contributed by atoms with Crippen LogP contribution in [-0.2, 0) is 11.3 Å². The number of carbonyl (C=O) groups is 2. The van der Waals surface area contributed by atoms with Gasteiger partial charge in [-0.1, -0.05) is 5.21 Å². The lowest BCUT2D eigenvalue weighted by molar-refractivity contribution is -0.120. The summed E-state index contributed by atoms with van der Waals surface area (Å²) < 4.78 is 14.3. The predicted octanol–water partition coefficient (Wildman–Crippen LogP) is 0.918. The molecular weight excluding hydrogens is 279 g/mol. The number of hydrogen-bond donors (Lipinski definition) is 2. The van der Waals surface area contributed by atoms with Gasteiger partial charge in [-0.3, -0.25) is 4.79 Å². The van der Waals surface area contributed by atoms with Crippen LogP contribution in [0.25, 0.3) is 11.3 Å². The smallest absolute Gasteiger partial charge is 0.358 e. The van der Waals surface area contributed by atoms with E-state index in [9.17, 15) is 14.0 Å². The molecule has 2 rings (SSSR count). The van der Waals surface area contributed by atoms with Crippen LogP contribution < -0.4 is 5.32 Å². The highest BCUT2D eigenvalue weighted by Crippen LogP contribution is 2.23. The highest BCUT2D eigenvalue weighted by Gasteiger charge is 2.20. The van der Waals surface area contributed by atoms with Crippen LogP contribution in [0.15, 0.2) is 24.3 Å². The molecule has 1 aromatic carbocycles. The number of carboxylic acid groups (broad SMARTS) is 1. The number of carboxylic acids is 1. The molecule has 1 heterocycles. The van der Waals surface area contributed by atoms with E-state index < -0.39 is 11.8 Å². The lowest BCUT2D eigenvalue weighted by Crippen LogP contribution is -2.20. The molecule has 7 nitrogen and oxygen atoms in total. The summed E-state index contributed by atoms with van der Waals surface area (Å²) in [6.07, 6.45) is 0.132. The van der Waals surface area contributed by atoms with Crippen molar-refractivity contribution >= 4 is 11.9 Å². The Morgan fingerprint density at radius 3 is 2.57 bits per heavy atom. The van der Waals surface area contributed by atoms with Crippen LogP contribution in [0.3, 0.4) is 0 Å². The van der Waals surface area contributed by atoms with Crippen molar-refractivity contribution in [3.63, 3.8) is 0 Å². The molecule has 110 valence electrons. The van der Waals surface area contributed by atoms with Gasteiger partial charge in [-0.15, -0.1) is 5.10 Å². The maximum absolute atomic E-state index is 13.0. The number of nitrogens with zero attached hydrogens (tertiary/aromatic N) is 3. The topological polar surface area (TPSA) is 97.1 Å². The zero-order chi connectivity index (χ0) is 15.4. The van der Waals surface area contributed by atoms with E-state index in [2.05, 4.69) is 15.6 Å². The molecule has 0 fully saturated rings. The van der Waals surface area contributed by atoms with Crippen molar-refractivity contribution in [1.29, 1.82) is 0 Å². The molecule has 0 saturated carbocycles. The minimum atomic E-state index is -1.24. The molecule has 21 heavy (non-hydrogen) atoms. The summed E-state index contributed by atoms with van der Waals surface area (Å²) in [6.45, 7) is 0.173. The summed E-state index contributed by atoms with van der Waals surface area (Å²) in [7, 11) is 1.51. The van der Waals surface area contributed by atoms with E-state index in [-0.39, 0.29) is 30.3 Å². The van der Waals surface area contributed by atoms with E-state index in [0.717, 1.165) is 0 Å². The van der Waals surface area contributed by atoms with Crippen molar-refractivity contribution in [3.8, 4) is 11.3 Å². The second kappa shape index (κ2) is 6.12. The number of aromatic nitrogens is 3. The van der Waals surface area contributed by atoms with E-state index in [1.54, 1.807) is 0 Å². The molecule has 0 aliphatic rings. The molecule has 8 heteroatoms. The van der Waals surface area contributed by atoms with Crippen molar-refractivity contribution < 1.29 is 19.1 Å². The van der Waals surface area contributed by atoms with Crippen molar-refractivity contribution in [2.75, 3.05) is 7.05 Å². The minimum absolute atomic E-state index is 0.132. The number of aryl methyl sites for hydroxylation is 1. The van der Waals surface area contributed by atoms with Crippen LogP contribution in [0.1, 0.15) is 16.9 Å². The SMILES string of the molecule is CNC(=O)CCn1nnc(C(=O)O)c1-c1ccc(F)cc1. The highest BCUT2D eigenvalue weighted by molar-refractivity contribution is 5.92. The van der Waals surface area contributed by atoms with E-state index in [1.807, 2.05) is 0 Å². The number of nitrogens with one attached hydrogen (secondary N) is 1. The van der Waals surface area contributed by atoms with Gasteiger partial charge in [0.2, 0.25) is 5.91 Å². The van der Waals surface area contributed by atoms with Gasteiger partial charge in [-0.2, -0.15) is 0 Å². The molecule has 0 aliphatic carbocycles. The Kier molecular flexibility index (Phi) is 4.27. The lowest BCUT2D eigenvalue weighted by atomic mass is 10.1. The van der Waals surface area contributed by atoms with Crippen LogP contribution in [0, 0.1) is 5.82 Å². The maximum atomic E-state index is 13.0. The number of halogens is 1. The third-order valence-electron chi connectivity index (χ3n) is 2.88. The van der Waals surface area contributed by atoms with Gasteiger partial charge in [0.15, 0.2) is 5.69 Å². The first kappa shape index (κ1) is 14.6. The fourth-order valence-corrected chi connectivity index (χ4v) is 1.84. The Balaban J connectivity index is 2.40. The largest absolute Gasteiger partial charge is 0.476 e. The molecule has 1 amide bonds. The van der Waals surface area contributed by atoms with Gasteiger partial charge < -0.3 is 10.4 Å². The fourth-order valence-electron chi connectivity index (χ4n) is 1.84. The molecule has 0 unspecified atom stereocenters. The van der Waals surface area contributed by atoms with Gasteiger partial charge in [0.25, 0.3) is 0 Å². The Labute approximate surface area is 119 Å². The zero-order valence-electron chi connectivity index (χ0n) is 11.2. The molecule has 2 N–H and O–H groups in total. The standard InChI is InChI=1S/C13H13FN4O3/c1-15-10(19)6-7-18-12(11(13(20)21)16-17-18)8-2-4-9(14)5-3-8/h2-5H,6-7H2,1H3,(H,15,19)(H,20,21). The number of aromatic carboxylic acids is 1. The molecule has 0 atom stereocenters. The van der Waals surface area contributed by atoms with E-state index >= 15 is 0 Å². The van der Waals surface area contributed by atoms with Gasteiger partial charge in [0.1, 0.15) is 11.5 Å². The van der Waals surface area contributed by atoms with Gasteiger partial charge >= 0.3 is 5.97 Å². The summed E-state index contributed by atoms with van der Waals surface area (Å²) in [5, 5.41) is 19.0. The monoisotopic (exact) mass is 292 g/mol. The first-order valence-electron chi connectivity index (χ1n) is 6.16. The summed E-state index contributed by atoms with van der Waals surface area (Å²) in [4.78, 5) is 22.5. The fraction of sp³-hybridized carbons (Fsp3) is 0.231. The Morgan fingerprint density at radius 1 is 1.33 bits per heavy atom. The van der Waals surface area contributed by atoms with Gasteiger partial charge in [-0.25, -0.2) is 13.9 Å². The summed E-state index contributed by atoms with van der Waals surface area (Å²) in [5.74, 6) is -1.87. The van der Waals surface area contributed by atoms with Gasteiger partial charge in [0, 0.05) is 19.0 Å². The third kappa shape index (κ3) is 3.22. The van der Waals surface area contributed by atoms with Gasteiger partial charge in [-0.05, 0) is 24.3 Å². The van der Waals surface area contributed by atoms with Crippen LogP contribution in [0.2, 0.25) is 0 Å². The van der Waals surface area contributed by atoms with Crippen LogP contribution in [-0.4, -0.2) is 39.0 Å². The summed E-state index contributed by atoms with van der Waals surface area (Å²) in [6, 6.07) is 5.32. The normalized spacial score (nSPS) is 10.4. The molecule has 0 bridgehead atoms. The number of hydrogen-bond acceptors (Lipinski definition) is 4. The first-order valence-corrected chi connectivity index (χ1v) is 6.16. The Hall–Kier alpha value is -2.77. The molecule has 0 radical (unpaired) electrons. The van der Waals surface area contributed by atoms with Crippen LogP contribution in [0.4, 0.5) is 4.39 Å². The predicted molar refractivity (Wildman–Crippen MR) is 71.1 cm³/mol. The second-order valence-electron chi connectivity index (χ2n) is 4.25. The van der Waals surface area contributed by atoms with Crippen molar-refractivity contribution in [1.82, 2.24) is 20.3 Å². The van der Waals surface area contributed by atoms with Crippen molar-refractivity contribution in [3.05, 3.63) is 35.8 Å². The van der Waals surface area contributed by atoms with E-state index in [0.29, 0.717) is 5.56 Å².